The Morgan fingerprint density at radius 2 is 2.05 bits per heavy atom. The summed E-state index contributed by atoms with van der Waals surface area (Å²) in [5.74, 6) is 1.83. The molecular weight excluding hydrogens is 254 g/mol. The van der Waals surface area contributed by atoms with Crippen LogP contribution in [0.4, 0.5) is 0 Å². The molecule has 1 fully saturated rings. The summed E-state index contributed by atoms with van der Waals surface area (Å²) in [5.41, 5.74) is 6.06. The lowest BCUT2D eigenvalue weighted by molar-refractivity contribution is 0.428. The van der Waals surface area contributed by atoms with Crippen LogP contribution in [0.5, 0.6) is 0 Å². The van der Waals surface area contributed by atoms with Gasteiger partial charge in [-0.05, 0) is 18.9 Å². The summed E-state index contributed by atoms with van der Waals surface area (Å²) >= 11 is 0. The van der Waals surface area contributed by atoms with Crippen LogP contribution in [0.3, 0.4) is 0 Å². The van der Waals surface area contributed by atoms with Crippen LogP contribution in [-0.4, -0.2) is 43.5 Å². The molecule has 0 saturated carbocycles. The number of hydrogen-bond acceptors (Lipinski definition) is 4. The molecule has 3 rings (SSSR count). The van der Waals surface area contributed by atoms with Crippen LogP contribution < -0.4 is 5.73 Å². The van der Waals surface area contributed by atoms with Crippen LogP contribution in [-0.2, 0) is 6.54 Å². The molecule has 0 bridgehead atoms. The van der Waals surface area contributed by atoms with E-state index in [1.807, 2.05) is 12.3 Å². The minimum absolute atomic E-state index is 0.395. The smallest absolute Gasteiger partial charge is 0.252 e. The zero-order valence-corrected chi connectivity index (χ0v) is 11.4. The van der Waals surface area contributed by atoms with Crippen LogP contribution >= 0.6 is 0 Å². The number of hydrogen-bond donors (Lipinski definition) is 1. The molecule has 0 aliphatic carbocycles. The van der Waals surface area contributed by atoms with E-state index < -0.39 is 0 Å². The van der Waals surface area contributed by atoms with Gasteiger partial charge in [-0.1, -0.05) is 12.8 Å². The van der Waals surface area contributed by atoms with E-state index in [2.05, 4.69) is 25.0 Å². The first-order valence-corrected chi connectivity index (χ1v) is 7.04. The van der Waals surface area contributed by atoms with E-state index in [0.717, 1.165) is 13.1 Å². The van der Waals surface area contributed by atoms with Crippen molar-refractivity contribution in [2.45, 2.75) is 32.2 Å². The Hall–Kier alpha value is -2.18. The van der Waals surface area contributed by atoms with Crippen molar-refractivity contribution in [2.24, 2.45) is 10.7 Å². The van der Waals surface area contributed by atoms with E-state index in [9.17, 15) is 0 Å². The van der Waals surface area contributed by atoms with Gasteiger partial charge in [0.2, 0.25) is 0 Å². The summed E-state index contributed by atoms with van der Waals surface area (Å²) in [6.07, 6.45) is 8.45. The highest BCUT2D eigenvalue weighted by atomic mass is 15.3. The number of nitrogens with zero attached hydrogens (tertiary/aromatic N) is 6. The minimum atomic E-state index is 0.395. The molecule has 3 heterocycles. The van der Waals surface area contributed by atoms with Crippen molar-refractivity contribution in [1.82, 2.24) is 24.5 Å². The molecule has 7 heteroatoms. The molecule has 0 spiro atoms. The minimum Gasteiger partial charge on any atom is -0.370 e. The Morgan fingerprint density at radius 3 is 2.80 bits per heavy atom. The lowest BCUT2D eigenvalue weighted by Crippen LogP contribution is -2.38. The van der Waals surface area contributed by atoms with Gasteiger partial charge in [-0.15, -0.1) is 5.10 Å². The highest BCUT2D eigenvalue weighted by molar-refractivity contribution is 5.78. The molecule has 0 radical (unpaired) electrons. The van der Waals surface area contributed by atoms with Gasteiger partial charge in [0.05, 0.1) is 0 Å². The van der Waals surface area contributed by atoms with Gasteiger partial charge in [0.25, 0.3) is 5.78 Å². The van der Waals surface area contributed by atoms with Gasteiger partial charge in [0.1, 0.15) is 6.54 Å². The Morgan fingerprint density at radius 1 is 1.25 bits per heavy atom. The molecule has 20 heavy (non-hydrogen) atoms. The van der Waals surface area contributed by atoms with Gasteiger partial charge in [0.15, 0.2) is 11.8 Å². The van der Waals surface area contributed by atoms with Gasteiger partial charge in [0, 0.05) is 25.5 Å². The first-order chi connectivity index (χ1) is 9.83. The Balaban J connectivity index is 1.68. The van der Waals surface area contributed by atoms with E-state index in [1.54, 1.807) is 10.7 Å². The Labute approximate surface area is 117 Å². The molecule has 106 valence electrons. The number of nitrogens with two attached hydrogens (primary N) is 1. The molecule has 0 amide bonds. The van der Waals surface area contributed by atoms with Gasteiger partial charge in [-0.2, -0.15) is 4.98 Å². The molecule has 0 unspecified atom stereocenters. The van der Waals surface area contributed by atoms with E-state index in [0.29, 0.717) is 24.1 Å². The number of aromatic nitrogens is 4. The third-order valence-corrected chi connectivity index (χ3v) is 3.47. The van der Waals surface area contributed by atoms with Crippen LogP contribution in [0.2, 0.25) is 0 Å². The van der Waals surface area contributed by atoms with Crippen molar-refractivity contribution in [2.75, 3.05) is 13.1 Å². The molecule has 0 atom stereocenters. The van der Waals surface area contributed by atoms with Crippen molar-refractivity contribution in [3.8, 4) is 0 Å². The SMILES string of the molecule is NC(=NCc1nc2ncccn2n1)N1CCCCCC1. The number of guanidine groups is 1. The maximum Gasteiger partial charge on any atom is 0.252 e. The van der Waals surface area contributed by atoms with Crippen molar-refractivity contribution in [3.05, 3.63) is 24.3 Å². The standard InChI is InChI=1S/C13H19N7/c14-12(19-7-3-1-2-4-8-19)16-10-11-17-13-15-6-5-9-20(13)18-11/h5-6,9H,1-4,7-8,10H2,(H2,14,16). The quantitative estimate of drug-likeness (QED) is 0.646. The number of likely N-dealkylation sites (tertiary alicyclic amines) is 1. The molecule has 7 nitrogen and oxygen atoms in total. The fourth-order valence-electron chi connectivity index (χ4n) is 2.39. The maximum absolute atomic E-state index is 6.06. The van der Waals surface area contributed by atoms with Gasteiger partial charge in [-0.3, -0.25) is 0 Å². The average molecular weight is 273 g/mol. The summed E-state index contributed by atoms with van der Waals surface area (Å²) in [7, 11) is 0. The highest BCUT2D eigenvalue weighted by Gasteiger charge is 2.11. The van der Waals surface area contributed by atoms with Crippen LogP contribution in [0.1, 0.15) is 31.5 Å². The second-order valence-corrected chi connectivity index (χ2v) is 4.97. The molecule has 2 aromatic rings. The van der Waals surface area contributed by atoms with E-state index in [4.69, 9.17) is 5.73 Å². The molecule has 1 aliphatic heterocycles. The Kier molecular flexibility index (Phi) is 3.76. The zero-order chi connectivity index (χ0) is 13.8. The number of fused-ring (bicyclic) bond motifs is 1. The number of rotatable bonds is 2. The maximum atomic E-state index is 6.06. The third-order valence-electron chi connectivity index (χ3n) is 3.47. The predicted molar refractivity (Wildman–Crippen MR) is 76.1 cm³/mol. The zero-order valence-electron chi connectivity index (χ0n) is 11.4. The fraction of sp³-hybridized carbons (Fsp3) is 0.538. The van der Waals surface area contributed by atoms with Crippen molar-refractivity contribution >= 4 is 11.7 Å². The topological polar surface area (TPSA) is 84.7 Å². The molecule has 1 aliphatic rings. The van der Waals surface area contributed by atoms with Crippen molar-refractivity contribution in [3.63, 3.8) is 0 Å². The molecule has 2 aromatic heterocycles. The second-order valence-electron chi connectivity index (χ2n) is 4.97. The fourth-order valence-corrected chi connectivity index (χ4v) is 2.39. The summed E-state index contributed by atoms with van der Waals surface area (Å²) in [6, 6.07) is 1.82. The second kappa shape index (κ2) is 5.85. The largest absolute Gasteiger partial charge is 0.370 e. The molecule has 0 aromatic carbocycles. The van der Waals surface area contributed by atoms with E-state index >= 15 is 0 Å². The van der Waals surface area contributed by atoms with E-state index in [-0.39, 0.29) is 0 Å². The Bertz CT molecular complexity index is 563. The third kappa shape index (κ3) is 2.87. The molecule has 2 N–H and O–H groups in total. The van der Waals surface area contributed by atoms with Crippen molar-refractivity contribution < 1.29 is 0 Å². The van der Waals surface area contributed by atoms with Gasteiger partial charge in [-0.25, -0.2) is 14.5 Å². The first-order valence-electron chi connectivity index (χ1n) is 7.04. The average Bonchev–Trinajstić information content (AvgIpc) is 2.69. The summed E-state index contributed by atoms with van der Waals surface area (Å²) in [6.45, 7) is 2.39. The first kappa shape index (κ1) is 12.8. The summed E-state index contributed by atoms with van der Waals surface area (Å²) in [4.78, 5) is 15.0. The monoisotopic (exact) mass is 273 g/mol. The lowest BCUT2D eigenvalue weighted by atomic mass is 10.2. The normalized spacial score (nSPS) is 17.4. The lowest BCUT2D eigenvalue weighted by Gasteiger charge is -2.20. The molecule has 1 saturated heterocycles. The van der Waals surface area contributed by atoms with E-state index in [1.165, 1.54) is 25.7 Å². The van der Waals surface area contributed by atoms with Crippen LogP contribution in [0.25, 0.3) is 5.78 Å². The summed E-state index contributed by atoms with van der Waals surface area (Å²) < 4.78 is 1.65. The van der Waals surface area contributed by atoms with Crippen molar-refractivity contribution in [1.29, 1.82) is 0 Å². The predicted octanol–water partition coefficient (Wildman–Crippen LogP) is 0.815. The van der Waals surface area contributed by atoms with Crippen LogP contribution in [0, 0.1) is 0 Å². The van der Waals surface area contributed by atoms with Gasteiger partial charge < -0.3 is 10.6 Å². The summed E-state index contributed by atoms with van der Waals surface area (Å²) in [5, 5.41) is 4.31. The van der Waals surface area contributed by atoms with Gasteiger partial charge >= 0.3 is 0 Å². The highest BCUT2D eigenvalue weighted by Crippen LogP contribution is 2.09. The van der Waals surface area contributed by atoms with Crippen LogP contribution in [0.15, 0.2) is 23.5 Å². The molecular formula is C13H19N7. The number of aliphatic imine (C=N–C) groups is 1.